The van der Waals surface area contributed by atoms with Gasteiger partial charge in [-0.1, -0.05) is 6.07 Å². The number of benzene rings is 2. The van der Waals surface area contributed by atoms with E-state index < -0.39 is 27.5 Å². The van der Waals surface area contributed by atoms with E-state index in [1.54, 1.807) is 0 Å². The van der Waals surface area contributed by atoms with Gasteiger partial charge in [0.2, 0.25) is 10.0 Å². The summed E-state index contributed by atoms with van der Waals surface area (Å²) in [6.07, 6.45) is 0. The van der Waals surface area contributed by atoms with E-state index >= 15 is 0 Å². The van der Waals surface area contributed by atoms with Crippen LogP contribution < -0.4 is 10.5 Å². The van der Waals surface area contributed by atoms with Crippen molar-refractivity contribution in [2.24, 2.45) is 0 Å². The Labute approximate surface area is 119 Å². The van der Waals surface area contributed by atoms with Crippen LogP contribution in [0.3, 0.4) is 0 Å². The van der Waals surface area contributed by atoms with Gasteiger partial charge in [-0.25, -0.2) is 26.3 Å². The van der Waals surface area contributed by atoms with Crippen LogP contribution in [0.2, 0.25) is 0 Å². The Balaban J connectivity index is 2.17. The monoisotopic (exact) mass is 316 g/mol. The highest BCUT2D eigenvalue weighted by Crippen LogP contribution is 2.16. The molecule has 0 saturated carbocycles. The second-order valence-corrected chi connectivity index (χ2v) is 6.02. The summed E-state index contributed by atoms with van der Waals surface area (Å²) in [7, 11) is -3.98. The van der Waals surface area contributed by atoms with Gasteiger partial charge in [0.15, 0.2) is 11.6 Å². The highest BCUT2D eigenvalue weighted by Gasteiger charge is 2.16. The fourth-order valence-electron chi connectivity index (χ4n) is 1.59. The van der Waals surface area contributed by atoms with Gasteiger partial charge in [-0.2, -0.15) is 0 Å². The van der Waals surface area contributed by atoms with Crippen LogP contribution in [-0.4, -0.2) is 8.42 Å². The van der Waals surface area contributed by atoms with Crippen molar-refractivity contribution in [3.8, 4) is 0 Å². The molecule has 0 amide bonds. The maximum absolute atomic E-state index is 13.3. The summed E-state index contributed by atoms with van der Waals surface area (Å²) in [5.74, 6) is -2.96. The van der Waals surface area contributed by atoms with Gasteiger partial charge in [0, 0.05) is 6.54 Å². The lowest BCUT2D eigenvalue weighted by Crippen LogP contribution is -2.23. The SMILES string of the molecule is Nc1ccc(S(=O)(=O)NCc2ccc(F)c(F)c2)cc1F. The number of hydrogen-bond donors (Lipinski definition) is 2. The molecule has 0 aliphatic carbocycles. The Morgan fingerprint density at radius 3 is 2.29 bits per heavy atom. The number of nitrogens with two attached hydrogens (primary N) is 1. The second-order valence-electron chi connectivity index (χ2n) is 4.26. The quantitative estimate of drug-likeness (QED) is 0.849. The standard InChI is InChI=1S/C13H11F3N2O2S/c14-10-3-1-8(5-11(10)15)7-18-21(19,20)9-2-4-13(17)12(16)6-9/h1-6,18H,7,17H2. The average Bonchev–Trinajstić information content (AvgIpc) is 2.43. The minimum absolute atomic E-state index is 0.172. The first kappa shape index (κ1) is 15.3. The summed E-state index contributed by atoms with van der Waals surface area (Å²) in [4.78, 5) is -0.309. The number of hydrogen-bond acceptors (Lipinski definition) is 3. The number of rotatable bonds is 4. The lowest BCUT2D eigenvalue weighted by molar-refractivity contribution is 0.506. The lowest BCUT2D eigenvalue weighted by Gasteiger charge is -2.08. The normalized spacial score (nSPS) is 11.6. The van der Waals surface area contributed by atoms with Crippen LogP contribution in [-0.2, 0) is 16.6 Å². The molecule has 0 aliphatic rings. The van der Waals surface area contributed by atoms with Gasteiger partial charge in [0.05, 0.1) is 10.6 Å². The molecule has 0 radical (unpaired) electrons. The van der Waals surface area contributed by atoms with E-state index in [1.807, 2.05) is 0 Å². The predicted molar refractivity (Wildman–Crippen MR) is 71.2 cm³/mol. The van der Waals surface area contributed by atoms with E-state index in [-0.39, 0.29) is 22.7 Å². The topological polar surface area (TPSA) is 72.2 Å². The number of anilines is 1. The molecular weight excluding hydrogens is 305 g/mol. The van der Waals surface area contributed by atoms with Crippen LogP contribution in [0.5, 0.6) is 0 Å². The van der Waals surface area contributed by atoms with E-state index in [2.05, 4.69) is 4.72 Å². The van der Waals surface area contributed by atoms with Crippen LogP contribution in [0.4, 0.5) is 18.9 Å². The Kier molecular flexibility index (Phi) is 4.19. The zero-order chi connectivity index (χ0) is 15.6. The molecule has 3 N–H and O–H groups in total. The van der Waals surface area contributed by atoms with Crippen molar-refractivity contribution in [3.63, 3.8) is 0 Å². The number of halogens is 3. The van der Waals surface area contributed by atoms with Crippen LogP contribution in [0.1, 0.15) is 5.56 Å². The fourth-order valence-corrected chi connectivity index (χ4v) is 2.62. The van der Waals surface area contributed by atoms with Crippen LogP contribution in [0.25, 0.3) is 0 Å². The van der Waals surface area contributed by atoms with Crippen molar-refractivity contribution in [2.45, 2.75) is 11.4 Å². The Morgan fingerprint density at radius 2 is 1.67 bits per heavy atom. The molecule has 2 aromatic rings. The minimum atomic E-state index is -3.98. The molecule has 2 aromatic carbocycles. The van der Waals surface area contributed by atoms with Crippen LogP contribution in [0.15, 0.2) is 41.3 Å². The molecule has 112 valence electrons. The molecule has 0 aliphatic heterocycles. The first-order valence-corrected chi connectivity index (χ1v) is 7.26. The summed E-state index contributed by atoms with van der Waals surface area (Å²) in [5.41, 5.74) is 5.32. The molecule has 0 heterocycles. The largest absolute Gasteiger partial charge is 0.396 e. The minimum Gasteiger partial charge on any atom is -0.396 e. The molecule has 0 unspecified atom stereocenters. The molecule has 0 aromatic heterocycles. The molecule has 0 atom stereocenters. The third kappa shape index (κ3) is 3.53. The molecule has 4 nitrogen and oxygen atoms in total. The number of nitrogen functional groups attached to an aromatic ring is 1. The van der Waals surface area contributed by atoms with Crippen molar-refractivity contribution in [1.82, 2.24) is 4.72 Å². The molecular formula is C13H11F3N2O2S. The van der Waals surface area contributed by atoms with Crippen molar-refractivity contribution >= 4 is 15.7 Å². The van der Waals surface area contributed by atoms with Gasteiger partial charge in [-0.15, -0.1) is 0 Å². The van der Waals surface area contributed by atoms with Gasteiger partial charge in [0.25, 0.3) is 0 Å². The fraction of sp³-hybridized carbons (Fsp3) is 0.0769. The molecule has 0 fully saturated rings. The molecule has 0 spiro atoms. The molecule has 0 saturated heterocycles. The maximum atomic E-state index is 13.3. The van der Waals surface area contributed by atoms with E-state index in [1.165, 1.54) is 6.07 Å². The highest BCUT2D eigenvalue weighted by atomic mass is 32.2. The summed E-state index contributed by atoms with van der Waals surface area (Å²) >= 11 is 0. The van der Waals surface area contributed by atoms with E-state index in [0.717, 1.165) is 30.3 Å². The van der Waals surface area contributed by atoms with Crippen molar-refractivity contribution in [1.29, 1.82) is 0 Å². The van der Waals surface area contributed by atoms with Gasteiger partial charge < -0.3 is 5.73 Å². The van der Waals surface area contributed by atoms with Gasteiger partial charge in [-0.3, -0.25) is 0 Å². The third-order valence-corrected chi connectivity index (χ3v) is 4.13. The Morgan fingerprint density at radius 1 is 0.952 bits per heavy atom. The zero-order valence-corrected chi connectivity index (χ0v) is 11.4. The number of sulfonamides is 1. The number of nitrogens with one attached hydrogen (secondary N) is 1. The van der Waals surface area contributed by atoms with Gasteiger partial charge in [-0.05, 0) is 35.9 Å². The van der Waals surface area contributed by atoms with E-state index in [0.29, 0.717) is 0 Å². The second kappa shape index (κ2) is 5.74. The van der Waals surface area contributed by atoms with Gasteiger partial charge >= 0.3 is 0 Å². The lowest BCUT2D eigenvalue weighted by atomic mass is 10.2. The molecule has 21 heavy (non-hydrogen) atoms. The van der Waals surface area contributed by atoms with Gasteiger partial charge in [0.1, 0.15) is 5.82 Å². The molecule has 2 rings (SSSR count). The smallest absolute Gasteiger partial charge is 0.240 e. The average molecular weight is 316 g/mol. The van der Waals surface area contributed by atoms with Crippen LogP contribution in [0, 0.1) is 17.5 Å². The van der Waals surface area contributed by atoms with Crippen molar-refractivity contribution in [3.05, 3.63) is 59.4 Å². The summed E-state index contributed by atoms with van der Waals surface area (Å²) < 4.78 is 65.0. The zero-order valence-electron chi connectivity index (χ0n) is 10.6. The summed E-state index contributed by atoms with van der Waals surface area (Å²) in [5, 5.41) is 0. The summed E-state index contributed by atoms with van der Waals surface area (Å²) in [6.45, 7) is -0.258. The Hall–Kier alpha value is -2.06. The first-order valence-electron chi connectivity index (χ1n) is 5.78. The highest BCUT2D eigenvalue weighted by molar-refractivity contribution is 7.89. The predicted octanol–water partition coefficient (Wildman–Crippen LogP) is 2.16. The van der Waals surface area contributed by atoms with E-state index in [4.69, 9.17) is 5.73 Å². The first-order chi connectivity index (χ1) is 9.79. The maximum Gasteiger partial charge on any atom is 0.240 e. The van der Waals surface area contributed by atoms with Crippen molar-refractivity contribution < 1.29 is 21.6 Å². The Bertz CT molecular complexity index is 779. The molecule has 0 bridgehead atoms. The third-order valence-electron chi connectivity index (χ3n) is 2.73. The van der Waals surface area contributed by atoms with Crippen molar-refractivity contribution in [2.75, 3.05) is 5.73 Å². The molecule has 8 heteroatoms. The van der Waals surface area contributed by atoms with E-state index in [9.17, 15) is 21.6 Å². The van der Waals surface area contributed by atoms with Crippen LogP contribution >= 0.6 is 0 Å². The summed E-state index contributed by atoms with van der Waals surface area (Å²) in [6, 6.07) is 6.06.